The van der Waals surface area contributed by atoms with Crippen molar-refractivity contribution in [2.75, 3.05) is 7.11 Å². The largest absolute Gasteiger partial charge is 0.380 e. The molecule has 4 heteroatoms. The fourth-order valence-electron chi connectivity index (χ4n) is 1.95. The number of carbonyl (C=O) groups is 1. The second-order valence-electron chi connectivity index (χ2n) is 4.08. The van der Waals surface area contributed by atoms with E-state index in [1.54, 1.807) is 7.11 Å². The van der Waals surface area contributed by atoms with E-state index in [4.69, 9.17) is 4.74 Å². The first kappa shape index (κ1) is 14.4. The number of hydrogen-bond donors (Lipinski definition) is 0. The molecule has 0 atom stereocenters. The predicted molar refractivity (Wildman–Crippen MR) is 83.4 cm³/mol. The topological polar surface area (TPSA) is 26.3 Å². The third-order valence-corrected chi connectivity index (χ3v) is 3.79. The average Bonchev–Trinajstić information content (AvgIpc) is 2.41. The van der Waals surface area contributed by atoms with Crippen molar-refractivity contribution in [1.82, 2.24) is 0 Å². The molecule has 0 aromatic heterocycles. The number of rotatable bonds is 4. The van der Waals surface area contributed by atoms with Gasteiger partial charge in [-0.2, -0.15) is 0 Å². The highest BCUT2D eigenvalue weighted by Crippen LogP contribution is 2.31. The van der Waals surface area contributed by atoms with Crippen LogP contribution in [0, 0.1) is 0 Å². The molecule has 0 spiro atoms. The lowest BCUT2D eigenvalue weighted by atomic mass is 9.96. The molecule has 0 aliphatic heterocycles. The van der Waals surface area contributed by atoms with E-state index < -0.39 is 0 Å². The standard InChI is InChI=1S/C15H12Br2O2/c1-19-9-11-3-5-13(17)7-15(11)14-6-12(16)4-2-10(14)8-18/h2-8H,9H2,1H3. The summed E-state index contributed by atoms with van der Waals surface area (Å²) in [5.74, 6) is 0. The Morgan fingerprint density at radius 1 is 1.05 bits per heavy atom. The van der Waals surface area contributed by atoms with Gasteiger partial charge in [-0.05, 0) is 47.0 Å². The first-order valence-electron chi connectivity index (χ1n) is 5.68. The van der Waals surface area contributed by atoms with Gasteiger partial charge in [0.15, 0.2) is 6.29 Å². The maximum Gasteiger partial charge on any atom is 0.150 e. The lowest BCUT2D eigenvalue weighted by Crippen LogP contribution is -1.95. The van der Waals surface area contributed by atoms with Crippen molar-refractivity contribution in [1.29, 1.82) is 0 Å². The second kappa shape index (κ2) is 6.46. The van der Waals surface area contributed by atoms with Gasteiger partial charge in [0.1, 0.15) is 0 Å². The van der Waals surface area contributed by atoms with E-state index in [2.05, 4.69) is 31.9 Å². The molecular formula is C15H12Br2O2. The van der Waals surface area contributed by atoms with Gasteiger partial charge in [-0.25, -0.2) is 0 Å². The van der Waals surface area contributed by atoms with E-state index in [0.717, 1.165) is 31.9 Å². The molecule has 0 N–H and O–H groups in total. The zero-order valence-electron chi connectivity index (χ0n) is 10.3. The highest BCUT2D eigenvalue weighted by atomic mass is 79.9. The van der Waals surface area contributed by atoms with Crippen LogP contribution >= 0.6 is 31.9 Å². The summed E-state index contributed by atoms with van der Waals surface area (Å²) in [6.07, 6.45) is 0.874. The summed E-state index contributed by atoms with van der Waals surface area (Å²) in [7, 11) is 1.66. The molecule has 0 aliphatic carbocycles. The van der Waals surface area contributed by atoms with Crippen molar-refractivity contribution in [2.24, 2.45) is 0 Å². The normalized spacial score (nSPS) is 10.5. The molecule has 2 rings (SSSR count). The third-order valence-electron chi connectivity index (χ3n) is 2.80. The molecule has 98 valence electrons. The van der Waals surface area contributed by atoms with Crippen molar-refractivity contribution in [3.8, 4) is 11.1 Å². The Morgan fingerprint density at radius 3 is 2.32 bits per heavy atom. The molecule has 0 aliphatic rings. The molecule has 0 saturated carbocycles. The van der Waals surface area contributed by atoms with Crippen molar-refractivity contribution in [3.05, 3.63) is 56.5 Å². The Hall–Kier alpha value is -0.970. The minimum absolute atomic E-state index is 0.507. The predicted octanol–water partition coefficient (Wildman–Crippen LogP) is 4.84. The summed E-state index contributed by atoms with van der Waals surface area (Å²) >= 11 is 6.91. The van der Waals surface area contributed by atoms with Crippen LogP contribution in [0.25, 0.3) is 11.1 Å². The van der Waals surface area contributed by atoms with Crippen molar-refractivity contribution in [3.63, 3.8) is 0 Å². The summed E-state index contributed by atoms with van der Waals surface area (Å²) < 4.78 is 7.13. The van der Waals surface area contributed by atoms with Gasteiger partial charge in [0.05, 0.1) is 6.61 Å². The van der Waals surface area contributed by atoms with Crippen LogP contribution in [0.4, 0.5) is 0 Å². The SMILES string of the molecule is COCc1ccc(Br)cc1-c1cc(Br)ccc1C=O. The van der Waals surface area contributed by atoms with Crippen LogP contribution in [0.15, 0.2) is 45.3 Å². The summed E-state index contributed by atoms with van der Waals surface area (Å²) in [4.78, 5) is 11.2. The van der Waals surface area contributed by atoms with Crippen molar-refractivity contribution >= 4 is 38.1 Å². The quantitative estimate of drug-likeness (QED) is 0.706. The number of aldehydes is 1. The molecule has 2 aromatic carbocycles. The molecule has 2 aromatic rings. The maximum atomic E-state index is 11.2. The number of carbonyl (C=O) groups excluding carboxylic acids is 1. The van der Waals surface area contributed by atoms with Gasteiger partial charge < -0.3 is 4.74 Å². The molecule has 2 nitrogen and oxygen atoms in total. The smallest absolute Gasteiger partial charge is 0.150 e. The van der Waals surface area contributed by atoms with Gasteiger partial charge >= 0.3 is 0 Å². The lowest BCUT2D eigenvalue weighted by Gasteiger charge is -2.12. The monoisotopic (exact) mass is 382 g/mol. The fraction of sp³-hybridized carbons (Fsp3) is 0.133. The number of methoxy groups -OCH3 is 1. The van der Waals surface area contributed by atoms with Gasteiger partial charge in [0.2, 0.25) is 0 Å². The molecule has 19 heavy (non-hydrogen) atoms. The number of benzene rings is 2. The Morgan fingerprint density at radius 2 is 1.68 bits per heavy atom. The van der Waals surface area contributed by atoms with E-state index >= 15 is 0 Å². The summed E-state index contributed by atoms with van der Waals surface area (Å²) in [5.41, 5.74) is 3.61. The van der Waals surface area contributed by atoms with Gasteiger partial charge in [0.25, 0.3) is 0 Å². The highest BCUT2D eigenvalue weighted by molar-refractivity contribution is 9.10. The number of ether oxygens (including phenoxy) is 1. The van der Waals surface area contributed by atoms with E-state index in [0.29, 0.717) is 12.2 Å². The Labute approximate surface area is 129 Å². The van der Waals surface area contributed by atoms with Gasteiger partial charge in [-0.1, -0.05) is 37.9 Å². The first-order valence-corrected chi connectivity index (χ1v) is 7.26. The van der Waals surface area contributed by atoms with Crippen LogP contribution in [0.1, 0.15) is 15.9 Å². The maximum absolute atomic E-state index is 11.2. The van der Waals surface area contributed by atoms with Crippen LogP contribution in [-0.4, -0.2) is 13.4 Å². The summed E-state index contributed by atoms with van der Waals surface area (Å²) in [5, 5.41) is 0. The van der Waals surface area contributed by atoms with Gasteiger partial charge in [-0.3, -0.25) is 4.79 Å². The summed E-state index contributed by atoms with van der Waals surface area (Å²) in [6, 6.07) is 11.6. The molecule has 0 heterocycles. The van der Waals surface area contributed by atoms with Crippen LogP contribution in [0.3, 0.4) is 0 Å². The Bertz CT molecular complexity index is 609. The minimum atomic E-state index is 0.507. The number of hydrogen-bond acceptors (Lipinski definition) is 2. The zero-order valence-corrected chi connectivity index (χ0v) is 13.5. The highest BCUT2D eigenvalue weighted by Gasteiger charge is 2.10. The van der Waals surface area contributed by atoms with Crippen LogP contribution in [-0.2, 0) is 11.3 Å². The number of halogens is 2. The second-order valence-corrected chi connectivity index (χ2v) is 5.92. The van der Waals surface area contributed by atoms with Crippen LogP contribution in [0.2, 0.25) is 0 Å². The molecule has 0 radical (unpaired) electrons. The summed E-state index contributed by atoms with van der Waals surface area (Å²) in [6.45, 7) is 0.507. The minimum Gasteiger partial charge on any atom is -0.380 e. The van der Waals surface area contributed by atoms with Gasteiger partial charge in [0, 0.05) is 21.6 Å². The van der Waals surface area contributed by atoms with E-state index in [9.17, 15) is 4.79 Å². The molecule has 0 bridgehead atoms. The average molecular weight is 384 g/mol. The van der Waals surface area contributed by atoms with Gasteiger partial charge in [-0.15, -0.1) is 0 Å². The molecule has 0 saturated heterocycles. The molecule has 0 amide bonds. The molecular weight excluding hydrogens is 372 g/mol. The lowest BCUT2D eigenvalue weighted by molar-refractivity contribution is 0.112. The molecule has 0 unspecified atom stereocenters. The van der Waals surface area contributed by atoms with Crippen LogP contribution < -0.4 is 0 Å². The van der Waals surface area contributed by atoms with E-state index in [1.807, 2.05) is 36.4 Å². The van der Waals surface area contributed by atoms with E-state index in [1.165, 1.54) is 0 Å². The van der Waals surface area contributed by atoms with E-state index in [-0.39, 0.29) is 0 Å². The Balaban J connectivity index is 2.66. The fourth-order valence-corrected chi connectivity index (χ4v) is 2.67. The zero-order chi connectivity index (χ0) is 13.8. The molecule has 0 fully saturated rings. The first-order chi connectivity index (χ1) is 9.15. The third kappa shape index (κ3) is 3.32. The van der Waals surface area contributed by atoms with Crippen LogP contribution in [0.5, 0.6) is 0 Å². The van der Waals surface area contributed by atoms with Crippen molar-refractivity contribution < 1.29 is 9.53 Å². The Kier molecular flexibility index (Phi) is 4.91. The van der Waals surface area contributed by atoms with Crippen molar-refractivity contribution in [2.45, 2.75) is 6.61 Å².